The van der Waals surface area contributed by atoms with Crippen molar-refractivity contribution in [1.82, 2.24) is 9.88 Å². The maximum atomic E-state index is 12.7. The Kier molecular flexibility index (Phi) is 5.56. The molecule has 1 aromatic rings. The number of rotatable bonds is 6. The number of nitrogens with one attached hydrogen (secondary N) is 1. The second-order valence-electron chi connectivity index (χ2n) is 5.31. The quantitative estimate of drug-likeness (QED) is 0.874. The van der Waals surface area contributed by atoms with Gasteiger partial charge in [0.25, 0.3) is 5.91 Å². The van der Waals surface area contributed by atoms with Crippen LogP contribution in [-0.4, -0.2) is 48.6 Å². The average molecular weight is 291 g/mol. The molecule has 0 bridgehead atoms. The van der Waals surface area contributed by atoms with Crippen LogP contribution in [0.3, 0.4) is 0 Å². The molecular formula is C16H25N3O2. The molecule has 1 atom stereocenters. The number of hydrogen-bond donors (Lipinski definition) is 1. The minimum atomic E-state index is 0.0570. The van der Waals surface area contributed by atoms with Crippen LogP contribution in [0, 0.1) is 0 Å². The molecule has 21 heavy (non-hydrogen) atoms. The second-order valence-corrected chi connectivity index (χ2v) is 5.31. The molecule has 0 radical (unpaired) electrons. The van der Waals surface area contributed by atoms with Crippen LogP contribution >= 0.6 is 0 Å². The van der Waals surface area contributed by atoms with Crippen LogP contribution in [0.4, 0.5) is 5.82 Å². The zero-order valence-electron chi connectivity index (χ0n) is 13.2. The molecule has 116 valence electrons. The van der Waals surface area contributed by atoms with Gasteiger partial charge in [-0.2, -0.15) is 0 Å². The summed E-state index contributed by atoms with van der Waals surface area (Å²) >= 11 is 0. The first kappa shape index (κ1) is 15.8. The lowest BCUT2D eigenvalue weighted by atomic mass is 10.1. The van der Waals surface area contributed by atoms with Crippen LogP contribution in [-0.2, 0) is 11.2 Å². The fourth-order valence-electron chi connectivity index (χ4n) is 2.59. The molecule has 1 aliphatic heterocycles. The number of amides is 1. The molecular weight excluding hydrogens is 266 g/mol. The van der Waals surface area contributed by atoms with Gasteiger partial charge in [0.2, 0.25) is 0 Å². The van der Waals surface area contributed by atoms with E-state index in [1.165, 1.54) is 0 Å². The summed E-state index contributed by atoms with van der Waals surface area (Å²) in [5.41, 5.74) is 1.63. The van der Waals surface area contributed by atoms with Crippen molar-refractivity contribution in [3.05, 3.63) is 23.4 Å². The van der Waals surface area contributed by atoms with Crippen molar-refractivity contribution >= 4 is 11.7 Å². The van der Waals surface area contributed by atoms with Crippen molar-refractivity contribution in [2.24, 2.45) is 0 Å². The van der Waals surface area contributed by atoms with Gasteiger partial charge < -0.3 is 15.0 Å². The van der Waals surface area contributed by atoms with Gasteiger partial charge in [0.1, 0.15) is 5.82 Å². The zero-order chi connectivity index (χ0) is 15.2. The molecule has 0 aliphatic carbocycles. The van der Waals surface area contributed by atoms with E-state index in [1.807, 2.05) is 37.9 Å². The van der Waals surface area contributed by atoms with E-state index in [1.54, 1.807) is 0 Å². The van der Waals surface area contributed by atoms with Crippen molar-refractivity contribution < 1.29 is 9.53 Å². The highest BCUT2D eigenvalue weighted by Crippen LogP contribution is 2.17. The van der Waals surface area contributed by atoms with E-state index < -0.39 is 0 Å². The topological polar surface area (TPSA) is 54.5 Å². The number of likely N-dealkylation sites (N-methyl/N-ethyl adjacent to an activating group) is 1. The Bertz CT molecular complexity index is 462. The fourth-order valence-corrected chi connectivity index (χ4v) is 2.59. The third-order valence-electron chi connectivity index (χ3n) is 3.86. The molecule has 0 spiro atoms. The standard InChI is InChI=1S/C16H25N3O2/c1-4-13-9-12(10-15(17-3)18-13)16(20)19(5-2)11-14-7-6-8-21-14/h9-10,14H,4-8,11H2,1-3H3,(H,17,18). The molecule has 1 N–H and O–H groups in total. The first-order valence-corrected chi connectivity index (χ1v) is 7.77. The summed E-state index contributed by atoms with van der Waals surface area (Å²) in [6.07, 6.45) is 3.14. The third-order valence-corrected chi connectivity index (χ3v) is 3.86. The molecule has 1 aliphatic rings. The van der Waals surface area contributed by atoms with E-state index in [0.29, 0.717) is 18.7 Å². The van der Waals surface area contributed by atoms with E-state index in [4.69, 9.17) is 4.74 Å². The number of ether oxygens (including phenoxy) is 1. The predicted octanol–water partition coefficient (Wildman–Crippen LogP) is 2.33. The van der Waals surface area contributed by atoms with E-state index in [-0.39, 0.29) is 12.0 Å². The number of pyridine rings is 1. The summed E-state index contributed by atoms with van der Waals surface area (Å²) in [4.78, 5) is 19.0. The van der Waals surface area contributed by atoms with Gasteiger partial charge in [-0.05, 0) is 38.3 Å². The molecule has 1 amide bonds. The summed E-state index contributed by atoms with van der Waals surface area (Å²) < 4.78 is 5.64. The van der Waals surface area contributed by atoms with Crippen molar-refractivity contribution in [3.8, 4) is 0 Å². The highest BCUT2D eigenvalue weighted by atomic mass is 16.5. The van der Waals surface area contributed by atoms with Gasteiger partial charge in [0.05, 0.1) is 6.10 Å². The van der Waals surface area contributed by atoms with E-state index in [2.05, 4.69) is 10.3 Å². The zero-order valence-corrected chi connectivity index (χ0v) is 13.2. The second kappa shape index (κ2) is 7.41. The van der Waals surface area contributed by atoms with Gasteiger partial charge in [0.15, 0.2) is 0 Å². The largest absolute Gasteiger partial charge is 0.376 e. The molecule has 1 unspecified atom stereocenters. The van der Waals surface area contributed by atoms with Crippen LogP contribution < -0.4 is 5.32 Å². The molecule has 2 rings (SSSR count). The van der Waals surface area contributed by atoms with Crippen LogP contribution in [0.15, 0.2) is 12.1 Å². The van der Waals surface area contributed by atoms with Crippen molar-refractivity contribution in [2.75, 3.05) is 32.1 Å². The summed E-state index contributed by atoms with van der Waals surface area (Å²) in [6.45, 7) is 6.23. The Morgan fingerprint density at radius 2 is 2.29 bits per heavy atom. The Hall–Kier alpha value is -1.62. The Balaban J connectivity index is 2.15. The number of anilines is 1. The van der Waals surface area contributed by atoms with Gasteiger partial charge in [-0.1, -0.05) is 6.92 Å². The minimum absolute atomic E-state index is 0.0570. The lowest BCUT2D eigenvalue weighted by molar-refractivity contribution is 0.0539. The highest BCUT2D eigenvalue weighted by Gasteiger charge is 2.23. The van der Waals surface area contributed by atoms with Gasteiger partial charge in [-0.3, -0.25) is 4.79 Å². The average Bonchev–Trinajstić information content (AvgIpc) is 3.04. The third kappa shape index (κ3) is 3.94. The van der Waals surface area contributed by atoms with Gasteiger partial charge in [0, 0.05) is 38.0 Å². The van der Waals surface area contributed by atoms with Crippen LogP contribution in [0.25, 0.3) is 0 Å². The van der Waals surface area contributed by atoms with Crippen LogP contribution in [0.2, 0.25) is 0 Å². The molecule has 0 saturated carbocycles. The number of nitrogens with zero attached hydrogens (tertiary/aromatic N) is 2. The number of aromatic nitrogens is 1. The van der Waals surface area contributed by atoms with Crippen molar-refractivity contribution in [3.63, 3.8) is 0 Å². The van der Waals surface area contributed by atoms with Crippen molar-refractivity contribution in [2.45, 2.75) is 39.2 Å². The number of carbonyl (C=O) groups is 1. The van der Waals surface area contributed by atoms with Gasteiger partial charge in [-0.25, -0.2) is 4.98 Å². The van der Waals surface area contributed by atoms with E-state index >= 15 is 0 Å². The first-order valence-electron chi connectivity index (χ1n) is 7.77. The Morgan fingerprint density at radius 1 is 1.48 bits per heavy atom. The van der Waals surface area contributed by atoms with Crippen LogP contribution in [0.1, 0.15) is 42.7 Å². The number of carbonyl (C=O) groups excluding carboxylic acids is 1. The maximum absolute atomic E-state index is 12.7. The molecule has 5 nitrogen and oxygen atoms in total. The lowest BCUT2D eigenvalue weighted by Gasteiger charge is -2.24. The molecule has 0 aromatic carbocycles. The molecule has 5 heteroatoms. The monoisotopic (exact) mass is 291 g/mol. The fraction of sp³-hybridized carbons (Fsp3) is 0.625. The smallest absolute Gasteiger partial charge is 0.254 e. The maximum Gasteiger partial charge on any atom is 0.254 e. The Labute approximate surface area is 126 Å². The molecule has 1 aromatic heterocycles. The Morgan fingerprint density at radius 3 is 2.86 bits per heavy atom. The van der Waals surface area contributed by atoms with E-state index in [0.717, 1.165) is 37.4 Å². The lowest BCUT2D eigenvalue weighted by Crippen LogP contribution is -2.37. The summed E-state index contributed by atoms with van der Waals surface area (Å²) in [7, 11) is 1.82. The SMILES string of the molecule is CCc1cc(C(=O)N(CC)CC2CCCO2)cc(NC)n1. The molecule has 2 heterocycles. The minimum Gasteiger partial charge on any atom is -0.376 e. The normalized spacial score (nSPS) is 17.8. The molecule has 1 fully saturated rings. The number of hydrogen-bond acceptors (Lipinski definition) is 4. The summed E-state index contributed by atoms with van der Waals surface area (Å²) in [6, 6.07) is 3.71. The van der Waals surface area contributed by atoms with Gasteiger partial charge in [-0.15, -0.1) is 0 Å². The van der Waals surface area contributed by atoms with Crippen LogP contribution in [0.5, 0.6) is 0 Å². The van der Waals surface area contributed by atoms with Gasteiger partial charge >= 0.3 is 0 Å². The number of aryl methyl sites for hydroxylation is 1. The summed E-state index contributed by atoms with van der Waals surface area (Å²) in [5, 5.41) is 3.02. The van der Waals surface area contributed by atoms with Crippen molar-refractivity contribution in [1.29, 1.82) is 0 Å². The van der Waals surface area contributed by atoms with E-state index in [9.17, 15) is 4.79 Å². The summed E-state index contributed by atoms with van der Waals surface area (Å²) in [5.74, 6) is 0.799. The first-order chi connectivity index (χ1) is 10.2. The molecule has 1 saturated heterocycles. The predicted molar refractivity (Wildman–Crippen MR) is 83.7 cm³/mol. The highest BCUT2D eigenvalue weighted by molar-refractivity contribution is 5.95.